The molecule has 6 nitrogen and oxygen atoms in total. The number of hydrogen-bond donors (Lipinski definition) is 2. The zero-order chi connectivity index (χ0) is 18.6. The van der Waals surface area contributed by atoms with Crippen LogP contribution in [0.25, 0.3) is 10.9 Å². The molecule has 0 bridgehead atoms. The predicted molar refractivity (Wildman–Crippen MR) is 99.0 cm³/mol. The summed E-state index contributed by atoms with van der Waals surface area (Å²) in [6, 6.07) is 8.35. The number of nitrogens with one attached hydrogen (secondary N) is 2. The third-order valence-electron chi connectivity index (χ3n) is 5.05. The average Bonchev–Trinajstić information content (AvgIpc) is 3.23. The summed E-state index contributed by atoms with van der Waals surface area (Å²) in [5.41, 5.74) is 0.744. The van der Waals surface area contributed by atoms with E-state index >= 15 is 0 Å². The van der Waals surface area contributed by atoms with Crippen molar-refractivity contribution < 1.29 is 13.9 Å². The molecule has 140 valence electrons. The third kappa shape index (κ3) is 3.92. The average molecular weight is 368 g/mol. The van der Waals surface area contributed by atoms with E-state index < -0.39 is 0 Å². The topological polar surface area (TPSA) is 79.9 Å². The normalized spacial score (nSPS) is 19.7. The van der Waals surface area contributed by atoms with E-state index in [4.69, 9.17) is 4.74 Å². The van der Waals surface area contributed by atoms with E-state index in [1.807, 2.05) is 6.07 Å². The van der Waals surface area contributed by atoms with Gasteiger partial charge >= 0.3 is 0 Å². The molecule has 1 aromatic carbocycles. The lowest BCUT2D eigenvalue weighted by Gasteiger charge is -2.29. The molecule has 1 aliphatic rings. The summed E-state index contributed by atoms with van der Waals surface area (Å²) >= 11 is 0. The van der Waals surface area contributed by atoms with Crippen molar-refractivity contribution >= 4 is 16.8 Å². The van der Waals surface area contributed by atoms with E-state index in [9.17, 15) is 9.18 Å². The lowest BCUT2D eigenvalue weighted by Crippen LogP contribution is -2.33. The molecule has 2 aromatic heterocycles. The Hall–Kier alpha value is -2.96. The molecular formula is C20H21FN4O2. The van der Waals surface area contributed by atoms with Gasteiger partial charge in [-0.15, -0.1) is 0 Å². The summed E-state index contributed by atoms with van der Waals surface area (Å²) in [5.74, 6) is 0.614. The van der Waals surface area contributed by atoms with Crippen LogP contribution in [0.4, 0.5) is 4.39 Å². The molecule has 1 saturated carbocycles. The van der Waals surface area contributed by atoms with Crippen LogP contribution in [0.5, 0.6) is 5.75 Å². The molecule has 4 rings (SSSR count). The predicted octanol–water partition coefficient (Wildman–Crippen LogP) is 3.46. The monoisotopic (exact) mass is 368 g/mol. The van der Waals surface area contributed by atoms with Crippen LogP contribution in [-0.2, 0) is 0 Å². The number of ether oxygens (including phenoxy) is 1. The van der Waals surface area contributed by atoms with Crippen molar-refractivity contribution in [1.82, 2.24) is 20.5 Å². The van der Waals surface area contributed by atoms with Gasteiger partial charge in [-0.2, -0.15) is 5.10 Å². The van der Waals surface area contributed by atoms with Crippen LogP contribution in [-0.4, -0.2) is 33.7 Å². The van der Waals surface area contributed by atoms with E-state index in [1.54, 1.807) is 30.6 Å². The van der Waals surface area contributed by atoms with Crippen molar-refractivity contribution in [3.63, 3.8) is 0 Å². The van der Waals surface area contributed by atoms with Crippen LogP contribution in [0.1, 0.15) is 36.2 Å². The molecule has 1 aliphatic carbocycles. The van der Waals surface area contributed by atoms with Gasteiger partial charge in [-0.3, -0.25) is 14.9 Å². The second-order valence-electron chi connectivity index (χ2n) is 6.88. The molecule has 0 unspecified atom stereocenters. The first-order chi connectivity index (χ1) is 13.2. The number of aromatic nitrogens is 3. The number of pyridine rings is 1. The van der Waals surface area contributed by atoms with Gasteiger partial charge < -0.3 is 10.1 Å². The van der Waals surface area contributed by atoms with Crippen LogP contribution in [0.15, 0.2) is 42.7 Å². The van der Waals surface area contributed by atoms with Crippen molar-refractivity contribution in [3.05, 3.63) is 54.2 Å². The number of para-hydroxylation sites is 1. The highest BCUT2D eigenvalue weighted by Crippen LogP contribution is 2.31. The molecule has 27 heavy (non-hydrogen) atoms. The molecule has 0 atom stereocenters. The quantitative estimate of drug-likeness (QED) is 0.723. The van der Waals surface area contributed by atoms with Crippen LogP contribution in [0.3, 0.4) is 0 Å². The molecule has 2 heterocycles. The van der Waals surface area contributed by atoms with Crippen LogP contribution < -0.4 is 10.1 Å². The molecule has 1 amide bonds. The van der Waals surface area contributed by atoms with E-state index in [2.05, 4.69) is 20.5 Å². The molecule has 0 aliphatic heterocycles. The number of carbonyl (C=O) groups is 1. The Morgan fingerprint density at radius 3 is 2.85 bits per heavy atom. The van der Waals surface area contributed by atoms with E-state index in [0.717, 1.165) is 25.7 Å². The van der Waals surface area contributed by atoms with Gasteiger partial charge in [0.05, 0.1) is 6.10 Å². The van der Waals surface area contributed by atoms with Gasteiger partial charge in [0.25, 0.3) is 5.91 Å². The van der Waals surface area contributed by atoms with E-state index in [1.165, 1.54) is 6.07 Å². The van der Waals surface area contributed by atoms with Crippen LogP contribution >= 0.6 is 0 Å². The van der Waals surface area contributed by atoms with E-state index in [0.29, 0.717) is 34.8 Å². The molecular weight excluding hydrogens is 347 g/mol. The highest BCUT2D eigenvalue weighted by atomic mass is 19.1. The second-order valence-corrected chi connectivity index (χ2v) is 6.88. The van der Waals surface area contributed by atoms with Gasteiger partial charge in [0, 0.05) is 24.3 Å². The van der Waals surface area contributed by atoms with Crippen molar-refractivity contribution in [3.8, 4) is 5.75 Å². The van der Waals surface area contributed by atoms with Crippen molar-refractivity contribution in [1.29, 1.82) is 0 Å². The summed E-state index contributed by atoms with van der Waals surface area (Å²) < 4.78 is 20.0. The fraction of sp³-hybridized carbons (Fsp3) is 0.350. The summed E-state index contributed by atoms with van der Waals surface area (Å²) in [6.45, 7) is 0.641. The Labute approximate surface area is 156 Å². The first kappa shape index (κ1) is 17.5. The Morgan fingerprint density at radius 1 is 1.22 bits per heavy atom. The minimum Gasteiger partial charge on any atom is -0.490 e. The van der Waals surface area contributed by atoms with Gasteiger partial charge in [0.2, 0.25) is 0 Å². The summed E-state index contributed by atoms with van der Waals surface area (Å²) in [4.78, 5) is 16.1. The summed E-state index contributed by atoms with van der Waals surface area (Å²) in [7, 11) is 0. The first-order valence-corrected chi connectivity index (χ1v) is 9.18. The zero-order valence-corrected chi connectivity index (χ0v) is 14.8. The Kier molecular flexibility index (Phi) is 5.00. The van der Waals surface area contributed by atoms with E-state index in [-0.39, 0.29) is 17.8 Å². The zero-order valence-electron chi connectivity index (χ0n) is 14.8. The van der Waals surface area contributed by atoms with Gasteiger partial charge in [-0.1, -0.05) is 6.07 Å². The Balaban J connectivity index is 1.31. The molecule has 3 aromatic rings. The standard InChI is InChI=1S/C20H21FN4O2/c21-16-3-1-2-15-18(9-10-22-19(15)16)27-14-6-4-13(5-7-14)12-23-20(26)17-8-11-24-25-17/h1-3,8-11,13-14H,4-7,12H2,(H,23,26)(H,24,25)/t13-,14-. The number of rotatable bonds is 5. The maximum atomic E-state index is 13.9. The maximum Gasteiger partial charge on any atom is 0.271 e. The number of fused-ring (bicyclic) bond motifs is 1. The Bertz CT molecular complexity index is 921. The molecule has 0 spiro atoms. The van der Waals surface area contributed by atoms with Crippen molar-refractivity contribution in [2.75, 3.05) is 6.54 Å². The highest BCUT2D eigenvalue weighted by molar-refractivity contribution is 5.92. The number of hydrogen-bond acceptors (Lipinski definition) is 4. The molecule has 7 heteroatoms. The minimum absolute atomic E-state index is 0.0946. The maximum absolute atomic E-state index is 13.9. The number of aromatic amines is 1. The molecule has 0 radical (unpaired) electrons. The fourth-order valence-corrected chi connectivity index (χ4v) is 3.57. The van der Waals surface area contributed by atoms with Gasteiger partial charge in [-0.25, -0.2) is 4.39 Å². The second kappa shape index (κ2) is 7.73. The largest absolute Gasteiger partial charge is 0.490 e. The lowest BCUT2D eigenvalue weighted by molar-refractivity contribution is 0.0924. The van der Waals surface area contributed by atoms with Gasteiger partial charge in [-0.05, 0) is 55.9 Å². The number of benzene rings is 1. The number of carbonyl (C=O) groups excluding carboxylic acids is 1. The summed E-state index contributed by atoms with van der Waals surface area (Å²) in [5, 5.41) is 10.2. The van der Waals surface area contributed by atoms with Crippen molar-refractivity contribution in [2.45, 2.75) is 31.8 Å². The number of amides is 1. The summed E-state index contributed by atoms with van der Waals surface area (Å²) in [6.07, 6.45) is 7.07. The SMILES string of the molecule is O=C(NC[C@H]1CC[C@H](Oc2ccnc3c(F)cccc23)CC1)c1cc[nH]n1. The van der Waals surface area contributed by atoms with Gasteiger partial charge in [0.1, 0.15) is 22.8 Å². The van der Waals surface area contributed by atoms with Crippen LogP contribution in [0.2, 0.25) is 0 Å². The fourth-order valence-electron chi connectivity index (χ4n) is 3.57. The third-order valence-corrected chi connectivity index (χ3v) is 5.05. The highest BCUT2D eigenvalue weighted by Gasteiger charge is 2.24. The smallest absolute Gasteiger partial charge is 0.271 e. The molecule has 2 N–H and O–H groups in total. The van der Waals surface area contributed by atoms with Gasteiger partial charge in [0.15, 0.2) is 0 Å². The van der Waals surface area contributed by atoms with Crippen LogP contribution in [0, 0.1) is 11.7 Å². The minimum atomic E-state index is -0.339. The first-order valence-electron chi connectivity index (χ1n) is 9.18. The lowest BCUT2D eigenvalue weighted by atomic mass is 9.87. The number of halogens is 1. The number of H-pyrrole nitrogens is 1. The van der Waals surface area contributed by atoms with Crippen molar-refractivity contribution in [2.24, 2.45) is 5.92 Å². The number of nitrogens with zero attached hydrogens (tertiary/aromatic N) is 2. The molecule has 1 fully saturated rings. The molecule has 0 saturated heterocycles. The Morgan fingerprint density at radius 2 is 2.07 bits per heavy atom.